The van der Waals surface area contributed by atoms with E-state index in [1.807, 2.05) is 48.5 Å². The van der Waals surface area contributed by atoms with E-state index in [0.717, 1.165) is 91.2 Å². The molecule has 11 heteroatoms. The van der Waals surface area contributed by atoms with Gasteiger partial charge in [0.1, 0.15) is 22.2 Å². The first kappa shape index (κ1) is 27.9. The van der Waals surface area contributed by atoms with Gasteiger partial charge in [-0.15, -0.1) is 11.3 Å². The van der Waals surface area contributed by atoms with Gasteiger partial charge in [0.05, 0.1) is 55.2 Å². The van der Waals surface area contributed by atoms with E-state index in [-0.39, 0.29) is 11.5 Å². The van der Waals surface area contributed by atoms with Crippen molar-refractivity contribution in [3.8, 4) is 22.1 Å². The maximum Gasteiger partial charge on any atom is 0.275 e. The summed E-state index contributed by atoms with van der Waals surface area (Å²) in [6, 6.07) is 16.0. The van der Waals surface area contributed by atoms with E-state index in [1.54, 1.807) is 17.8 Å². The lowest BCUT2D eigenvalue weighted by Crippen LogP contribution is -2.60. The van der Waals surface area contributed by atoms with Crippen LogP contribution in [0, 0.1) is 6.92 Å². The predicted molar refractivity (Wildman–Crippen MR) is 165 cm³/mol. The third-order valence-corrected chi connectivity index (χ3v) is 9.47. The molecular weight excluding hydrogens is 564 g/mol. The first-order valence-electron chi connectivity index (χ1n) is 14.7. The zero-order valence-electron chi connectivity index (χ0n) is 24.1. The molecule has 0 bridgehead atoms. The molecule has 7 rings (SSSR count). The largest absolute Gasteiger partial charge is 0.457 e. The van der Waals surface area contributed by atoms with Crippen LogP contribution in [-0.2, 0) is 9.47 Å². The number of thiazole rings is 1. The molecule has 0 radical (unpaired) electrons. The number of piperidine rings is 1. The second-order valence-corrected chi connectivity index (χ2v) is 12.2. The van der Waals surface area contributed by atoms with Crippen LogP contribution in [0.4, 0.5) is 11.4 Å². The highest BCUT2D eigenvalue weighted by Crippen LogP contribution is 2.42. The Kier molecular flexibility index (Phi) is 7.79. The van der Waals surface area contributed by atoms with Crippen molar-refractivity contribution >= 4 is 28.6 Å². The van der Waals surface area contributed by atoms with Gasteiger partial charge >= 0.3 is 0 Å². The number of carbonyl (C=O) groups excluding carboxylic acids is 1. The van der Waals surface area contributed by atoms with Crippen LogP contribution in [0.5, 0.6) is 11.5 Å². The van der Waals surface area contributed by atoms with E-state index < -0.39 is 0 Å². The molecule has 1 N–H and O–H groups in total. The number of carbonyl (C=O) groups is 1. The molecule has 4 aromatic rings. The molecule has 222 valence electrons. The molecule has 0 saturated carbocycles. The molecule has 3 aliphatic rings. The average molecular weight is 599 g/mol. The molecule has 0 atom stereocenters. The topological polar surface area (TPSA) is 102 Å². The number of nitrogens with one attached hydrogen (secondary N) is 1. The normalized spacial score (nSPS) is 18.8. The van der Waals surface area contributed by atoms with Gasteiger partial charge in [-0.3, -0.25) is 9.69 Å². The number of anilines is 2. The summed E-state index contributed by atoms with van der Waals surface area (Å²) in [4.78, 5) is 23.0. The molecular formula is C32H34N6O4S. The van der Waals surface area contributed by atoms with Crippen LogP contribution in [0.2, 0.25) is 0 Å². The standard InChI is InChI=1S/C32H34N6O4S/c1-22-28(42-25-5-3-2-4-6-25)8-7-26(35-30(39)27-20-43-31(36-27)23-9-12-33-34-17-23)29(22)38-15-16-41-32(21-38)10-13-37(14-11-32)24-18-40-19-24/h2-9,12,17,20,24H,10-11,13-16,18-19,21H2,1H3,(H,35,39). The van der Waals surface area contributed by atoms with Gasteiger partial charge in [0, 0.05) is 42.7 Å². The summed E-state index contributed by atoms with van der Waals surface area (Å²) < 4.78 is 18.3. The number of benzene rings is 2. The lowest BCUT2D eigenvalue weighted by molar-refractivity contribution is -0.124. The van der Waals surface area contributed by atoms with Crippen molar-refractivity contribution in [2.75, 3.05) is 56.2 Å². The molecule has 10 nitrogen and oxygen atoms in total. The lowest BCUT2D eigenvalue weighted by atomic mass is 9.88. The van der Waals surface area contributed by atoms with Gasteiger partial charge in [0.2, 0.25) is 0 Å². The number of para-hydroxylation sites is 1. The fourth-order valence-electron chi connectivity index (χ4n) is 6.10. The summed E-state index contributed by atoms with van der Waals surface area (Å²) in [7, 11) is 0. The van der Waals surface area contributed by atoms with Gasteiger partial charge in [-0.25, -0.2) is 4.98 Å². The quantitative estimate of drug-likeness (QED) is 0.314. The van der Waals surface area contributed by atoms with Crippen molar-refractivity contribution in [1.29, 1.82) is 0 Å². The molecule has 2 aromatic carbocycles. The molecule has 3 aliphatic heterocycles. The Morgan fingerprint density at radius 2 is 1.91 bits per heavy atom. The second-order valence-electron chi connectivity index (χ2n) is 11.3. The Hall–Kier alpha value is -3.90. The minimum absolute atomic E-state index is 0.230. The van der Waals surface area contributed by atoms with E-state index >= 15 is 0 Å². The molecule has 2 aromatic heterocycles. The first-order chi connectivity index (χ1) is 21.1. The zero-order chi connectivity index (χ0) is 29.2. The van der Waals surface area contributed by atoms with Crippen molar-refractivity contribution in [1.82, 2.24) is 20.1 Å². The second kappa shape index (κ2) is 12.0. The number of likely N-dealkylation sites (tertiary alicyclic amines) is 1. The van der Waals surface area contributed by atoms with Crippen molar-refractivity contribution < 1.29 is 19.0 Å². The third-order valence-electron chi connectivity index (χ3n) is 8.58. The van der Waals surface area contributed by atoms with E-state index in [9.17, 15) is 4.79 Å². The fraction of sp³-hybridized carbons (Fsp3) is 0.375. The van der Waals surface area contributed by atoms with Crippen molar-refractivity contribution in [2.24, 2.45) is 0 Å². The molecule has 5 heterocycles. The highest BCUT2D eigenvalue weighted by Gasteiger charge is 2.42. The molecule has 0 aliphatic carbocycles. The van der Waals surface area contributed by atoms with E-state index in [0.29, 0.717) is 18.3 Å². The summed E-state index contributed by atoms with van der Waals surface area (Å²) in [6.07, 6.45) is 5.19. The summed E-state index contributed by atoms with van der Waals surface area (Å²) in [6.45, 7) is 7.81. The number of ether oxygens (including phenoxy) is 3. The Labute approximate surface area is 254 Å². The number of hydrogen-bond acceptors (Lipinski definition) is 10. The molecule has 0 unspecified atom stereocenters. The van der Waals surface area contributed by atoms with Crippen LogP contribution in [0.3, 0.4) is 0 Å². The van der Waals surface area contributed by atoms with Crippen molar-refractivity contribution in [2.45, 2.75) is 31.4 Å². The highest BCUT2D eigenvalue weighted by atomic mass is 32.1. The predicted octanol–water partition coefficient (Wildman–Crippen LogP) is 5.02. The zero-order valence-corrected chi connectivity index (χ0v) is 24.9. The smallest absolute Gasteiger partial charge is 0.275 e. The molecule has 1 spiro atoms. The Balaban J connectivity index is 1.16. The van der Waals surface area contributed by atoms with Crippen LogP contribution >= 0.6 is 11.3 Å². The van der Waals surface area contributed by atoms with Crippen LogP contribution in [0.25, 0.3) is 10.6 Å². The van der Waals surface area contributed by atoms with Crippen LogP contribution in [-0.4, -0.2) is 83.6 Å². The maximum absolute atomic E-state index is 13.5. The van der Waals surface area contributed by atoms with Crippen LogP contribution in [0.1, 0.15) is 28.9 Å². The van der Waals surface area contributed by atoms with Gasteiger partial charge in [-0.05, 0) is 50.1 Å². The number of amides is 1. The van der Waals surface area contributed by atoms with Crippen LogP contribution < -0.4 is 15.0 Å². The van der Waals surface area contributed by atoms with Crippen molar-refractivity contribution in [3.05, 3.63) is 77.6 Å². The van der Waals surface area contributed by atoms with Crippen molar-refractivity contribution in [3.63, 3.8) is 0 Å². The van der Waals surface area contributed by atoms with Gasteiger partial charge in [-0.1, -0.05) is 18.2 Å². The highest BCUT2D eigenvalue weighted by molar-refractivity contribution is 7.13. The lowest BCUT2D eigenvalue weighted by Gasteiger charge is -2.50. The van der Waals surface area contributed by atoms with E-state index in [2.05, 4.69) is 37.2 Å². The third kappa shape index (κ3) is 5.85. The first-order valence-corrected chi connectivity index (χ1v) is 15.6. The number of morpholine rings is 1. The average Bonchev–Trinajstić information content (AvgIpc) is 3.51. The Bertz CT molecular complexity index is 1570. The minimum Gasteiger partial charge on any atom is -0.457 e. The number of hydrogen-bond donors (Lipinski definition) is 1. The summed E-state index contributed by atoms with van der Waals surface area (Å²) in [5.41, 5.74) is 3.59. The Morgan fingerprint density at radius 3 is 2.65 bits per heavy atom. The number of rotatable bonds is 7. The molecule has 1 amide bonds. The van der Waals surface area contributed by atoms with Gasteiger partial charge in [0.15, 0.2) is 0 Å². The number of aromatic nitrogens is 3. The molecule has 3 fully saturated rings. The maximum atomic E-state index is 13.5. The fourth-order valence-corrected chi connectivity index (χ4v) is 6.89. The van der Waals surface area contributed by atoms with Crippen LogP contribution in [0.15, 0.2) is 66.3 Å². The van der Waals surface area contributed by atoms with E-state index in [4.69, 9.17) is 14.2 Å². The van der Waals surface area contributed by atoms with Gasteiger partial charge in [-0.2, -0.15) is 10.2 Å². The summed E-state index contributed by atoms with van der Waals surface area (Å²) in [5, 5.41) is 13.4. The number of nitrogens with zero attached hydrogens (tertiary/aromatic N) is 5. The summed E-state index contributed by atoms with van der Waals surface area (Å²) >= 11 is 1.40. The van der Waals surface area contributed by atoms with E-state index in [1.165, 1.54) is 11.3 Å². The van der Waals surface area contributed by atoms with Gasteiger partial charge in [0.25, 0.3) is 5.91 Å². The summed E-state index contributed by atoms with van der Waals surface area (Å²) in [5.74, 6) is 1.25. The molecule has 43 heavy (non-hydrogen) atoms. The minimum atomic E-state index is -0.263. The van der Waals surface area contributed by atoms with Gasteiger partial charge < -0.3 is 24.4 Å². The SMILES string of the molecule is Cc1c(Oc2ccccc2)ccc(NC(=O)c2csc(-c3ccnnc3)n2)c1N1CCOC2(CCN(C3COC3)CC2)C1. The molecule has 3 saturated heterocycles. The Morgan fingerprint density at radius 1 is 1.07 bits per heavy atom. The monoisotopic (exact) mass is 598 g/mol.